The van der Waals surface area contributed by atoms with Gasteiger partial charge in [0.1, 0.15) is 6.54 Å². The molecule has 0 saturated heterocycles. The van der Waals surface area contributed by atoms with E-state index >= 15 is 0 Å². The van der Waals surface area contributed by atoms with E-state index < -0.39 is 5.97 Å². The number of hydrogen-bond acceptors (Lipinski definition) is 6. The summed E-state index contributed by atoms with van der Waals surface area (Å²) in [5.74, 6) is -0.886. The molecule has 1 N–H and O–H groups in total. The van der Waals surface area contributed by atoms with E-state index in [-0.39, 0.29) is 12.5 Å². The van der Waals surface area contributed by atoms with E-state index in [2.05, 4.69) is 20.3 Å². The molecule has 7 heteroatoms. The number of anilines is 1. The minimum Gasteiger partial charge on any atom is -0.468 e. The van der Waals surface area contributed by atoms with Gasteiger partial charge in [-0.15, -0.1) is 0 Å². The summed E-state index contributed by atoms with van der Waals surface area (Å²) in [4.78, 5) is 25.1. The lowest BCUT2D eigenvalue weighted by atomic mass is 10.2. The minimum atomic E-state index is -0.509. The number of nitrogens with zero attached hydrogens (tertiary/aromatic N) is 3. The normalized spacial score (nSPS) is 10.5. The Morgan fingerprint density at radius 1 is 1.04 bits per heavy atom. The van der Waals surface area contributed by atoms with Gasteiger partial charge in [-0.05, 0) is 42.5 Å². The average Bonchev–Trinajstić information content (AvgIpc) is 2.64. The molecule has 0 unspecified atom stereocenters. The number of esters is 1. The van der Waals surface area contributed by atoms with Crippen molar-refractivity contribution < 1.29 is 14.3 Å². The van der Waals surface area contributed by atoms with Crippen molar-refractivity contribution in [1.29, 1.82) is 0 Å². The lowest BCUT2D eigenvalue weighted by molar-refractivity contribution is -0.139. The molecule has 2 rings (SSSR count). The van der Waals surface area contributed by atoms with Gasteiger partial charge in [-0.1, -0.05) is 6.07 Å². The fourth-order valence-corrected chi connectivity index (χ4v) is 1.97. The maximum absolute atomic E-state index is 12.0. The summed E-state index contributed by atoms with van der Waals surface area (Å²) < 4.78 is 4.48. The van der Waals surface area contributed by atoms with Gasteiger partial charge in [0.15, 0.2) is 0 Å². The van der Waals surface area contributed by atoms with E-state index in [1.165, 1.54) is 7.11 Å². The zero-order valence-corrected chi connectivity index (χ0v) is 14.4. The molecule has 130 valence electrons. The zero-order chi connectivity index (χ0) is 18.2. The molecule has 25 heavy (non-hydrogen) atoms. The highest BCUT2D eigenvalue weighted by Crippen LogP contribution is 2.21. The quantitative estimate of drug-likeness (QED) is 0.647. The molecule has 2 aromatic rings. The summed E-state index contributed by atoms with van der Waals surface area (Å²) in [7, 11) is 5.20. The molecule has 0 aliphatic heterocycles. The van der Waals surface area contributed by atoms with E-state index in [9.17, 15) is 9.59 Å². The van der Waals surface area contributed by atoms with Crippen LogP contribution in [-0.2, 0) is 9.53 Å². The molecule has 0 spiro atoms. The van der Waals surface area contributed by atoms with Crippen LogP contribution in [0.15, 0.2) is 58.8 Å². The van der Waals surface area contributed by atoms with Gasteiger partial charge in [0.2, 0.25) is 0 Å². The van der Waals surface area contributed by atoms with Crippen molar-refractivity contribution >= 4 is 28.9 Å². The van der Waals surface area contributed by atoms with Crippen molar-refractivity contribution in [2.75, 3.05) is 32.6 Å². The van der Waals surface area contributed by atoms with Gasteiger partial charge in [-0.25, -0.2) is 0 Å². The first-order chi connectivity index (χ1) is 12.0. The molecule has 0 atom stereocenters. The van der Waals surface area contributed by atoms with Crippen LogP contribution in [0.1, 0.15) is 10.4 Å². The highest BCUT2D eigenvalue weighted by Gasteiger charge is 2.08. The molecule has 0 heterocycles. The second kappa shape index (κ2) is 8.58. The molecule has 0 aliphatic carbocycles. The molecule has 0 fully saturated rings. The number of carbonyl (C=O) groups excluding carboxylic acids is 2. The SMILES string of the molecule is COC(=O)CNC(=O)c1cccc(N=Nc2ccc(N(C)C)cc2)c1. The smallest absolute Gasteiger partial charge is 0.325 e. The molecule has 0 bridgehead atoms. The van der Waals surface area contributed by atoms with Crippen LogP contribution in [0.4, 0.5) is 17.1 Å². The standard InChI is InChI=1S/C18H20N4O3/c1-22(2)16-9-7-14(8-10-16)20-21-15-6-4-5-13(11-15)18(24)19-12-17(23)25-3/h4-11H,12H2,1-3H3,(H,19,24). The Kier molecular flexibility index (Phi) is 6.22. The van der Waals surface area contributed by atoms with Crippen LogP contribution in [0, 0.1) is 0 Å². The van der Waals surface area contributed by atoms with Crippen LogP contribution in [0.2, 0.25) is 0 Å². The summed E-state index contributed by atoms with van der Waals surface area (Å²) in [5, 5.41) is 10.8. The van der Waals surface area contributed by atoms with E-state index in [0.717, 1.165) is 5.69 Å². The maximum atomic E-state index is 12.0. The molecular formula is C18H20N4O3. The van der Waals surface area contributed by atoms with Crippen molar-refractivity contribution in [3.63, 3.8) is 0 Å². The van der Waals surface area contributed by atoms with Crippen molar-refractivity contribution in [2.45, 2.75) is 0 Å². The number of azo groups is 1. The van der Waals surface area contributed by atoms with Crippen LogP contribution in [0.5, 0.6) is 0 Å². The molecule has 0 radical (unpaired) electrons. The fourth-order valence-electron chi connectivity index (χ4n) is 1.97. The number of hydrogen-bond donors (Lipinski definition) is 1. The predicted molar refractivity (Wildman–Crippen MR) is 95.7 cm³/mol. The van der Waals surface area contributed by atoms with Crippen molar-refractivity contribution in [1.82, 2.24) is 5.32 Å². The first-order valence-corrected chi connectivity index (χ1v) is 7.64. The number of ether oxygens (including phenoxy) is 1. The Bertz CT molecular complexity index is 770. The molecule has 2 aromatic carbocycles. The first kappa shape index (κ1) is 18.1. The fraction of sp³-hybridized carbons (Fsp3) is 0.222. The monoisotopic (exact) mass is 340 g/mol. The van der Waals surface area contributed by atoms with Gasteiger partial charge in [0.05, 0.1) is 18.5 Å². The zero-order valence-electron chi connectivity index (χ0n) is 14.4. The van der Waals surface area contributed by atoms with Gasteiger partial charge in [-0.2, -0.15) is 10.2 Å². The maximum Gasteiger partial charge on any atom is 0.325 e. The Labute approximate surface area is 146 Å². The molecule has 1 amide bonds. The number of methoxy groups -OCH3 is 1. The summed E-state index contributed by atoms with van der Waals surface area (Å²) >= 11 is 0. The van der Waals surface area contributed by atoms with E-state index in [1.807, 2.05) is 43.3 Å². The van der Waals surface area contributed by atoms with Crippen molar-refractivity contribution in [3.05, 3.63) is 54.1 Å². The van der Waals surface area contributed by atoms with Gasteiger partial charge in [-0.3, -0.25) is 9.59 Å². The van der Waals surface area contributed by atoms with Crippen LogP contribution in [0.3, 0.4) is 0 Å². The number of amides is 1. The minimum absolute atomic E-state index is 0.181. The third-order valence-corrected chi connectivity index (χ3v) is 3.38. The summed E-state index contributed by atoms with van der Waals surface area (Å²) in [6.45, 7) is -0.181. The molecule has 7 nitrogen and oxygen atoms in total. The summed E-state index contributed by atoms with van der Waals surface area (Å²) in [6, 6.07) is 14.3. The number of nitrogens with one attached hydrogen (secondary N) is 1. The average molecular weight is 340 g/mol. The van der Waals surface area contributed by atoms with E-state index in [1.54, 1.807) is 24.3 Å². The van der Waals surface area contributed by atoms with Gasteiger partial charge in [0, 0.05) is 25.3 Å². The first-order valence-electron chi connectivity index (χ1n) is 7.64. The molecule has 0 aromatic heterocycles. The van der Waals surface area contributed by atoms with E-state index in [4.69, 9.17) is 0 Å². The Morgan fingerprint density at radius 3 is 2.36 bits per heavy atom. The van der Waals surface area contributed by atoms with Crippen molar-refractivity contribution in [2.24, 2.45) is 10.2 Å². The summed E-state index contributed by atoms with van der Waals surface area (Å²) in [6.07, 6.45) is 0. The van der Waals surface area contributed by atoms with Gasteiger partial charge in [0.25, 0.3) is 5.91 Å². The third-order valence-electron chi connectivity index (χ3n) is 3.38. The highest BCUT2D eigenvalue weighted by molar-refractivity contribution is 5.96. The van der Waals surface area contributed by atoms with Gasteiger partial charge < -0.3 is 15.0 Å². The topological polar surface area (TPSA) is 83.4 Å². The Balaban J connectivity index is 2.05. The predicted octanol–water partition coefficient (Wildman–Crippen LogP) is 3.07. The lowest BCUT2D eigenvalue weighted by Crippen LogP contribution is -2.30. The van der Waals surface area contributed by atoms with Crippen LogP contribution < -0.4 is 10.2 Å². The molecule has 0 aliphatic rings. The highest BCUT2D eigenvalue weighted by atomic mass is 16.5. The second-order valence-electron chi connectivity index (χ2n) is 5.42. The summed E-state index contributed by atoms with van der Waals surface area (Å²) in [5.41, 5.74) is 2.72. The number of carbonyl (C=O) groups is 2. The van der Waals surface area contributed by atoms with Crippen LogP contribution in [-0.4, -0.2) is 39.6 Å². The number of benzene rings is 2. The Hall–Kier alpha value is -3.22. The second-order valence-corrected chi connectivity index (χ2v) is 5.42. The van der Waals surface area contributed by atoms with Crippen LogP contribution in [0.25, 0.3) is 0 Å². The van der Waals surface area contributed by atoms with Gasteiger partial charge >= 0.3 is 5.97 Å². The van der Waals surface area contributed by atoms with Crippen molar-refractivity contribution in [3.8, 4) is 0 Å². The molecule has 0 saturated carbocycles. The number of rotatable bonds is 6. The Morgan fingerprint density at radius 2 is 1.72 bits per heavy atom. The van der Waals surface area contributed by atoms with Crippen LogP contribution >= 0.6 is 0 Å². The van der Waals surface area contributed by atoms with E-state index in [0.29, 0.717) is 16.9 Å². The third kappa shape index (κ3) is 5.42. The lowest BCUT2D eigenvalue weighted by Gasteiger charge is -2.11. The largest absolute Gasteiger partial charge is 0.468 e. The molecular weight excluding hydrogens is 320 g/mol.